The van der Waals surface area contributed by atoms with Crippen LogP contribution in [0.4, 0.5) is 5.69 Å². The van der Waals surface area contributed by atoms with Crippen LogP contribution in [0, 0.1) is 0 Å². The summed E-state index contributed by atoms with van der Waals surface area (Å²) < 4.78 is 0. The lowest BCUT2D eigenvalue weighted by atomic mass is 9.82. The number of anilines is 1. The SMILES string of the molecule is CC(C)(C)c1cc(-c2ccccc2)c(N)c(-c2ccc3c(ccc4ccccc43)c2)c1. The molecule has 1 nitrogen and oxygen atoms in total. The van der Waals surface area contributed by atoms with Crippen LogP contribution < -0.4 is 5.73 Å². The average molecular weight is 402 g/mol. The van der Waals surface area contributed by atoms with E-state index in [4.69, 9.17) is 5.73 Å². The molecule has 0 aliphatic rings. The van der Waals surface area contributed by atoms with E-state index in [1.54, 1.807) is 0 Å². The summed E-state index contributed by atoms with van der Waals surface area (Å²) in [5.41, 5.74) is 13.4. The second-order valence-electron chi connectivity index (χ2n) is 9.32. The van der Waals surface area contributed by atoms with Crippen molar-refractivity contribution in [2.24, 2.45) is 0 Å². The van der Waals surface area contributed by atoms with Crippen LogP contribution in [0.15, 0.2) is 97.1 Å². The molecule has 152 valence electrons. The minimum Gasteiger partial charge on any atom is -0.398 e. The Balaban J connectivity index is 1.76. The van der Waals surface area contributed by atoms with E-state index in [1.807, 2.05) is 6.07 Å². The van der Waals surface area contributed by atoms with Crippen LogP contribution >= 0.6 is 0 Å². The summed E-state index contributed by atoms with van der Waals surface area (Å²) in [6, 6.07) is 34.7. The van der Waals surface area contributed by atoms with Crippen molar-refractivity contribution in [3.63, 3.8) is 0 Å². The smallest absolute Gasteiger partial charge is 0.0473 e. The minimum absolute atomic E-state index is 0.0268. The van der Waals surface area contributed by atoms with E-state index in [1.165, 1.54) is 27.1 Å². The van der Waals surface area contributed by atoms with Crippen molar-refractivity contribution in [2.45, 2.75) is 26.2 Å². The second kappa shape index (κ2) is 7.28. The van der Waals surface area contributed by atoms with Gasteiger partial charge in [-0.05, 0) is 61.8 Å². The van der Waals surface area contributed by atoms with Gasteiger partial charge in [0.15, 0.2) is 0 Å². The van der Waals surface area contributed by atoms with Gasteiger partial charge in [0.2, 0.25) is 0 Å². The van der Waals surface area contributed by atoms with Gasteiger partial charge in [0.25, 0.3) is 0 Å². The molecule has 0 radical (unpaired) electrons. The molecule has 0 saturated heterocycles. The molecular formula is C30H27N. The van der Waals surface area contributed by atoms with Crippen LogP contribution in [-0.4, -0.2) is 0 Å². The maximum Gasteiger partial charge on any atom is 0.0473 e. The summed E-state index contributed by atoms with van der Waals surface area (Å²) >= 11 is 0. The van der Waals surface area contributed by atoms with Gasteiger partial charge < -0.3 is 5.73 Å². The lowest BCUT2D eigenvalue weighted by Crippen LogP contribution is -2.12. The van der Waals surface area contributed by atoms with Crippen molar-refractivity contribution < 1.29 is 0 Å². The third kappa shape index (κ3) is 3.47. The highest BCUT2D eigenvalue weighted by molar-refractivity contribution is 6.08. The van der Waals surface area contributed by atoms with Gasteiger partial charge in [-0.3, -0.25) is 0 Å². The topological polar surface area (TPSA) is 26.0 Å². The zero-order chi connectivity index (χ0) is 21.6. The van der Waals surface area contributed by atoms with Crippen LogP contribution in [0.25, 0.3) is 43.8 Å². The number of benzene rings is 5. The minimum atomic E-state index is 0.0268. The van der Waals surface area contributed by atoms with Crippen LogP contribution in [0.1, 0.15) is 26.3 Å². The molecule has 0 amide bonds. The maximum atomic E-state index is 6.79. The highest BCUT2D eigenvalue weighted by Crippen LogP contribution is 2.40. The van der Waals surface area contributed by atoms with Gasteiger partial charge in [-0.2, -0.15) is 0 Å². The highest BCUT2D eigenvalue weighted by atomic mass is 14.6. The molecule has 0 saturated carbocycles. The largest absolute Gasteiger partial charge is 0.398 e. The average Bonchev–Trinajstić information content (AvgIpc) is 2.78. The zero-order valence-electron chi connectivity index (χ0n) is 18.3. The molecule has 0 spiro atoms. The Hall–Kier alpha value is -3.58. The summed E-state index contributed by atoms with van der Waals surface area (Å²) in [7, 11) is 0. The molecule has 0 aliphatic heterocycles. The number of hydrogen-bond donors (Lipinski definition) is 1. The molecule has 0 aliphatic carbocycles. The predicted molar refractivity (Wildman–Crippen MR) is 135 cm³/mol. The Kier molecular flexibility index (Phi) is 4.55. The van der Waals surface area contributed by atoms with E-state index < -0.39 is 0 Å². The van der Waals surface area contributed by atoms with Gasteiger partial charge in [0, 0.05) is 16.8 Å². The van der Waals surface area contributed by atoms with Gasteiger partial charge >= 0.3 is 0 Å². The van der Waals surface area contributed by atoms with E-state index in [2.05, 4.69) is 112 Å². The fourth-order valence-electron chi connectivity index (χ4n) is 4.36. The summed E-state index contributed by atoms with van der Waals surface area (Å²) in [6.07, 6.45) is 0. The quantitative estimate of drug-likeness (QED) is 0.234. The van der Waals surface area contributed by atoms with Crippen molar-refractivity contribution in [3.05, 3.63) is 103 Å². The molecule has 0 bridgehead atoms. The molecule has 0 unspecified atom stereocenters. The Morgan fingerprint density at radius 1 is 0.548 bits per heavy atom. The highest BCUT2D eigenvalue weighted by Gasteiger charge is 2.19. The van der Waals surface area contributed by atoms with Gasteiger partial charge in [-0.15, -0.1) is 0 Å². The van der Waals surface area contributed by atoms with Crippen LogP contribution in [-0.2, 0) is 5.41 Å². The lowest BCUT2D eigenvalue weighted by Gasteiger charge is -2.23. The van der Waals surface area contributed by atoms with Crippen molar-refractivity contribution in [1.82, 2.24) is 0 Å². The van der Waals surface area contributed by atoms with Crippen molar-refractivity contribution in [1.29, 1.82) is 0 Å². The molecule has 5 aromatic carbocycles. The summed E-state index contributed by atoms with van der Waals surface area (Å²) in [6.45, 7) is 6.76. The molecule has 0 atom stereocenters. The summed E-state index contributed by atoms with van der Waals surface area (Å²) in [5, 5.41) is 5.06. The Labute approximate surface area is 184 Å². The Morgan fingerprint density at radius 3 is 1.90 bits per heavy atom. The molecule has 2 N–H and O–H groups in total. The number of rotatable bonds is 2. The summed E-state index contributed by atoms with van der Waals surface area (Å²) in [5.74, 6) is 0. The first-order chi connectivity index (χ1) is 14.9. The summed E-state index contributed by atoms with van der Waals surface area (Å²) in [4.78, 5) is 0. The molecule has 0 heterocycles. The van der Waals surface area contributed by atoms with E-state index >= 15 is 0 Å². The lowest BCUT2D eigenvalue weighted by molar-refractivity contribution is 0.591. The van der Waals surface area contributed by atoms with Crippen LogP contribution in [0.3, 0.4) is 0 Å². The standard InChI is InChI=1S/C30H27N/c1-30(2,3)24-18-27(20-9-5-4-6-10-20)29(31)28(19-24)23-15-16-26-22(17-23)14-13-21-11-7-8-12-25(21)26/h4-19H,31H2,1-3H3. The fraction of sp³-hybridized carbons (Fsp3) is 0.133. The number of nitrogens with two attached hydrogens (primary N) is 1. The zero-order valence-corrected chi connectivity index (χ0v) is 18.3. The Morgan fingerprint density at radius 2 is 1.16 bits per heavy atom. The maximum absolute atomic E-state index is 6.79. The van der Waals surface area contributed by atoms with E-state index in [0.29, 0.717) is 0 Å². The van der Waals surface area contributed by atoms with Gasteiger partial charge in [0.1, 0.15) is 0 Å². The van der Waals surface area contributed by atoms with E-state index in [-0.39, 0.29) is 5.41 Å². The van der Waals surface area contributed by atoms with Gasteiger partial charge in [-0.25, -0.2) is 0 Å². The van der Waals surface area contributed by atoms with Crippen molar-refractivity contribution in [2.75, 3.05) is 5.73 Å². The third-order valence-corrected chi connectivity index (χ3v) is 6.19. The number of hydrogen-bond acceptors (Lipinski definition) is 1. The second-order valence-corrected chi connectivity index (χ2v) is 9.32. The van der Waals surface area contributed by atoms with Crippen LogP contribution in [0.5, 0.6) is 0 Å². The molecule has 0 fully saturated rings. The predicted octanol–water partition coefficient (Wildman–Crippen LogP) is 8.21. The molecule has 31 heavy (non-hydrogen) atoms. The van der Waals surface area contributed by atoms with Gasteiger partial charge in [-0.1, -0.05) is 99.6 Å². The van der Waals surface area contributed by atoms with Crippen LogP contribution in [0.2, 0.25) is 0 Å². The molecule has 1 heteroatoms. The van der Waals surface area contributed by atoms with E-state index in [9.17, 15) is 0 Å². The van der Waals surface area contributed by atoms with Crippen molar-refractivity contribution in [3.8, 4) is 22.3 Å². The molecular weight excluding hydrogens is 374 g/mol. The van der Waals surface area contributed by atoms with Gasteiger partial charge in [0.05, 0.1) is 0 Å². The molecule has 5 aromatic rings. The normalized spacial score (nSPS) is 11.8. The first kappa shape index (κ1) is 19.4. The number of nitrogen functional groups attached to an aromatic ring is 1. The van der Waals surface area contributed by atoms with E-state index in [0.717, 1.165) is 27.9 Å². The monoisotopic (exact) mass is 401 g/mol. The molecule has 0 aromatic heterocycles. The fourth-order valence-corrected chi connectivity index (χ4v) is 4.36. The third-order valence-electron chi connectivity index (χ3n) is 6.19. The molecule has 5 rings (SSSR count). The first-order valence-electron chi connectivity index (χ1n) is 10.8. The first-order valence-corrected chi connectivity index (χ1v) is 10.8. The van der Waals surface area contributed by atoms with Crippen molar-refractivity contribution >= 4 is 27.2 Å². The Bertz CT molecular complexity index is 1410. The number of fused-ring (bicyclic) bond motifs is 3.